The first-order valence-electron chi connectivity index (χ1n) is 9.97. The van der Waals surface area contributed by atoms with E-state index >= 15 is 0 Å². The Hall–Kier alpha value is -3.12. The summed E-state index contributed by atoms with van der Waals surface area (Å²) in [6.07, 6.45) is 4.65. The molecule has 3 aromatic rings. The Labute approximate surface area is 172 Å². The second kappa shape index (κ2) is 11.0. The van der Waals surface area contributed by atoms with Crippen LogP contribution in [0.15, 0.2) is 72.0 Å². The molecule has 3 rings (SSSR count). The van der Waals surface area contributed by atoms with Gasteiger partial charge in [0.1, 0.15) is 0 Å². The number of rotatable bonds is 9. The Kier molecular flexibility index (Phi) is 7.83. The lowest BCUT2D eigenvalue weighted by Crippen LogP contribution is -2.37. The molecule has 6 nitrogen and oxygen atoms in total. The van der Waals surface area contributed by atoms with Crippen LogP contribution in [0.1, 0.15) is 23.6 Å². The minimum absolute atomic E-state index is 0.663. The minimum Gasteiger partial charge on any atom is -0.377 e. The van der Waals surface area contributed by atoms with Crippen LogP contribution in [0.4, 0.5) is 0 Å². The molecule has 0 aliphatic rings. The van der Waals surface area contributed by atoms with Crippen LogP contribution in [-0.2, 0) is 24.3 Å². The van der Waals surface area contributed by atoms with Crippen molar-refractivity contribution in [3.63, 3.8) is 0 Å². The number of aliphatic imine (C=N–C) groups is 1. The van der Waals surface area contributed by atoms with Crippen molar-refractivity contribution in [1.29, 1.82) is 0 Å². The maximum absolute atomic E-state index is 5.43. The first-order valence-corrected chi connectivity index (χ1v) is 9.97. The van der Waals surface area contributed by atoms with E-state index in [4.69, 9.17) is 4.74 Å². The number of benzene rings is 2. The van der Waals surface area contributed by atoms with Crippen LogP contribution in [0, 0.1) is 0 Å². The number of ether oxygens (including phenoxy) is 1. The van der Waals surface area contributed by atoms with Gasteiger partial charge in [0, 0.05) is 39.1 Å². The second-order valence-electron chi connectivity index (χ2n) is 6.67. The van der Waals surface area contributed by atoms with Crippen LogP contribution in [0.2, 0.25) is 0 Å². The Balaban J connectivity index is 1.41. The molecule has 29 heavy (non-hydrogen) atoms. The quantitative estimate of drug-likeness (QED) is 0.434. The summed E-state index contributed by atoms with van der Waals surface area (Å²) in [6, 6.07) is 18.8. The zero-order chi connectivity index (χ0) is 20.3. The van der Waals surface area contributed by atoms with Gasteiger partial charge in [0.15, 0.2) is 5.96 Å². The number of hydrogen-bond donors (Lipinski definition) is 2. The predicted molar refractivity (Wildman–Crippen MR) is 117 cm³/mol. The van der Waals surface area contributed by atoms with Crippen LogP contribution in [-0.4, -0.2) is 35.9 Å². The van der Waals surface area contributed by atoms with Crippen LogP contribution in [0.3, 0.4) is 0 Å². The summed E-state index contributed by atoms with van der Waals surface area (Å²) in [6.45, 7) is 4.95. The molecule has 0 saturated heterocycles. The first-order chi connectivity index (χ1) is 14.3. The molecule has 0 unspecified atom stereocenters. The van der Waals surface area contributed by atoms with Gasteiger partial charge in [-0.1, -0.05) is 36.4 Å². The lowest BCUT2D eigenvalue weighted by atomic mass is 10.1. The van der Waals surface area contributed by atoms with Gasteiger partial charge in [-0.15, -0.1) is 0 Å². The predicted octanol–water partition coefficient (Wildman–Crippen LogP) is 3.32. The maximum Gasteiger partial charge on any atom is 0.191 e. The standard InChI is InChI=1S/C23H29N5O/c1-3-29-18-21-7-5-20(6-8-21)17-26-23(24-2)25-15-13-19-9-11-22(12-10-19)28-16-4-14-27-28/h4-12,14,16H,3,13,15,17-18H2,1-2H3,(H2,24,25,26). The molecule has 0 spiro atoms. The van der Waals surface area contributed by atoms with Crippen molar-refractivity contribution in [3.05, 3.63) is 83.7 Å². The topological polar surface area (TPSA) is 63.5 Å². The molecule has 6 heteroatoms. The Bertz CT molecular complexity index is 871. The van der Waals surface area contributed by atoms with Gasteiger partial charge in [0.05, 0.1) is 12.3 Å². The summed E-state index contributed by atoms with van der Waals surface area (Å²) >= 11 is 0. The smallest absolute Gasteiger partial charge is 0.191 e. The Morgan fingerprint density at radius 1 is 1.00 bits per heavy atom. The van der Waals surface area contributed by atoms with Crippen molar-refractivity contribution >= 4 is 5.96 Å². The van der Waals surface area contributed by atoms with E-state index in [0.29, 0.717) is 6.61 Å². The van der Waals surface area contributed by atoms with E-state index in [1.165, 1.54) is 16.7 Å². The number of guanidine groups is 1. The fourth-order valence-corrected chi connectivity index (χ4v) is 2.94. The largest absolute Gasteiger partial charge is 0.377 e. The molecule has 2 N–H and O–H groups in total. The van der Waals surface area contributed by atoms with Gasteiger partial charge in [-0.25, -0.2) is 4.68 Å². The minimum atomic E-state index is 0.663. The fraction of sp³-hybridized carbons (Fsp3) is 0.304. The average Bonchev–Trinajstić information content (AvgIpc) is 3.31. The fourth-order valence-electron chi connectivity index (χ4n) is 2.94. The van der Waals surface area contributed by atoms with Gasteiger partial charge in [-0.05, 0) is 48.2 Å². The summed E-state index contributed by atoms with van der Waals surface area (Å²) in [5.74, 6) is 0.802. The van der Waals surface area contributed by atoms with Crippen molar-refractivity contribution in [2.24, 2.45) is 4.99 Å². The third-order valence-corrected chi connectivity index (χ3v) is 4.59. The molecule has 0 fully saturated rings. The highest BCUT2D eigenvalue weighted by atomic mass is 16.5. The maximum atomic E-state index is 5.43. The highest BCUT2D eigenvalue weighted by Crippen LogP contribution is 2.09. The molecule has 0 bridgehead atoms. The van der Waals surface area contributed by atoms with Gasteiger partial charge in [0.25, 0.3) is 0 Å². The molecule has 2 aromatic carbocycles. The summed E-state index contributed by atoms with van der Waals surface area (Å²) in [5.41, 5.74) is 4.74. The molecule has 1 aromatic heterocycles. The highest BCUT2D eigenvalue weighted by molar-refractivity contribution is 5.79. The number of hydrogen-bond acceptors (Lipinski definition) is 3. The highest BCUT2D eigenvalue weighted by Gasteiger charge is 2.01. The molecule has 0 saturated carbocycles. The second-order valence-corrected chi connectivity index (χ2v) is 6.67. The van der Waals surface area contributed by atoms with Gasteiger partial charge in [-0.2, -0.15) is 5.10 Å². The van der Waals surface area contributed by atoms with E-state index in [0.717, 1.165) is 37.8 Å². The van der Waals surface area contributed by atoms with Crippen molar-refractivity contribution in [1.82, 2.24) is 20.4 Å². The zero-order valence-corrected chi connectivity index (χ0v) is 17.1. The van der Waals surface area contributed by atoms with Gasteiger partial charge in [-0.3, -0.25) is 4.99 Å². The summed E-state index contributed by atoms with van der Waals surface area (Å²) in [7, 11) is 1.79. The van der Waals surface area contributed by atoms with Crippen LogP contribution in [0.5, 0.6) is 0 Å². The van der Waals surface area contributed by atoms with E-state index in [-0.39, 0.29) is 0 Å². The number of aromatic nitrogens is 2. The van der Waals surface area contributed by atoms with Crippen LogP contribution in [0.25, 0.3) is 5.69 Å². The van der Waals surface area contributed by atoms with E-state index in [2.05, 4.69) is 69.3 Å². The van der Waals surface area contributed by atoms with E-state index < -0.39 is 0 Å². The normalized spacial score (nSPS) is 11.4. The Morgan fingerprint density at radius 3 is 2.38 bits per heavy atom. The lowest BCUT2D eigenvalue weighted by molar-refractivity contribution is 0.134. The monoisotopic (exact) mass is 391 g/mol. The number of nitrogens with one attached hydrogen (secondary N) is 2. The molecule has 1 heterocycles. The van der Waals surface area contributed by atoms with Crippen LogP contribution < -0.4 is 10.6 Å². The summed E-state index contributed by atoms with van der Waals surface area (Å²) in [4.78, 5) is 4.30. The summed E-state index contributed by atoms with van der Waals surface area (Å²) in [5, 5.41) is 11.0. The van der Waals surface area contributed by atoms with Gasteiger partial charge in [0.2, 0.25) is 0 Å². The van der Waals surface area contributed by atoms with Gasteiger partial charge < -0.3 is 15.4 Å². The van der Waals surface area contributed by atoms with Crippen molar-refractivity contribution < 1.29 is 4.74 Å². The molecule has 152 valence electrons. The Morgan fingerprint density at radius 2 is 1.72 bits per heavy atom. The first kappa shape index (κ1) is 20.6. The molecule has 0 aliphatic carbocycles. The SMILES string of the molecule is CCOCc1ccc(CNC(=NC)NCCc2ccc(-n3cccn3)cc2)cc1. The van der Waals surface area contributed by atoms with Gasteiger partial charge >= 0.3 is 0 Å². The molecule has 0 radical (unpaired) electrons. The molecule has 0 amide bonds. The van der Waals surface area contributed by atoms with E-state index in [9.17, 15) is 0 Å². The van der Waals surface area contributed by atoms with Crippen molar-refractivity contribution in [3.8, 4) is 5.69 Å². The van der Waals surface area contributed by atoms with Crippen LogP contribution >= 0.6 is 0 Å². The van der Waals surface area contributed by atoms with Crippen molar-refractivity contribution in [2.45, 2.75) is 26.5 Å². The van der Waals surface area contributed by atoms with E-state index in [1.54, 1.807) is 13.2 Å². The third kappa shape index (κ3) is 6.47. The number of nitrogens with zero attached hydrogens (tertiary/aromatic N) is 3. The average molecular weight is 392 g/mol. The molecular weight excluding hydrogens is 362 g/mol. The molecule has 0 atom stereocenters. The summed E-state index contributed by atoms with van der Waals surface area (Å²) < 4.78 is 7.29. The molecular formula is C23H29N5O. The van der Waals surface area contributed by atoms with E-state index in [1.807, 2.05) is 23.9 Å². The molecule has 0 aliphatic heterocycles. The lowest BCUT2D eigenvalue weighted by Gasteiger charge is -2.12. The van der Waals surface area contributed by atoms with Crippen molar-refractivity contribution in [2.75, 3.05) is 20.2 Å². The zero-order valence-electron chi connectivity index (χ0n) is 17.1. The third-order valence-electron chi connectivity index (χ3n) is 4.59.